The summed E-state index contributed by atoms with van der Waals surface area (Å²) in [4.78, 5) is 29.6. The van der Waals surface area contributed by atoms with Crippen molar-refractivity contribution in [2.75, 3.05) is 33.4 Å². The van der Waals surface area contributed by atoms with Crippen molar-refractivity contribution in [3.05, 3.63) is 35.5 Å². The van der Waals surface area contributed by atoms with Crippen LogP contribution < -0.4 is 4.74 Å². The number of carbonyl (C=O) groups excluding carboxylic acids is 2. The molecule has 1 fully saturated rings. The van der Waals surface area contributed by atoms with E-state index in [0.717, 1.165) is 37.2 Å². The molecule has 2 aliphatic rings. The quantitative estimate of drug-likeness (QED) is 0.519. The molecule has 0 unspecified atom stereocenters. The SMILES string of the molecule is COc1ccc(C2=C(N3CCCC3)C(=O)N(CCCOC(C)C)C2=O)cc1. The Morgan fingerprint density at radius 2 is 1.70 bits per heavy atom. The molecule has 0 aliphatic carbocycles. The molecule has 0 N–H and O–H groups in total. The van der Waals surface area contributed by atoms with Crippen molar-refractivity contribution in [1.29, 1.82) is 0 Å². The number of hydrogen-bond donors (Lipinski definition) is 0. The molecule has 0 saturated carbocycles. The van der Waals surface area contributed by atoms with Gasteiger partial charge in [0.15, 0.2) is 0 Å². The first-order chi connectivity index (χ1) is 13.0. The van der Waals surface area contributed by atoms with Crippen LogP contribution in [-0.2, 0) is 14.3 Å². The zero-order chi connectivity index (χ0) is 19.4. The van der Waals surface area contributed by atoms with Crippen molar-refractivity contribution < 1.29 is 19.1 Å². The summed E-state index contributed by atoms with van der Waals surface area (Å²) in [6, 6.07) is 7.34. The average molecular weight is 372 g/mol. The molecule has 0 spiro atoms. The molecular formula is C21H28N2O4. The van der Waals surface area contributed by atoms with E-state index >= 15 is 0 Å². The summed E-state index contributed by atoms with van der Waals surface area (Å²) in [7, 11) is 1.61. The molecule has 27 heavy (non-hydrogen) atoms. The van der Waals surface area contributed by atoms with Gasteiger partial charge in [0.1, 0.15) is 11.4 Å². The van der Waals surface area contributed by atoms with E-state index in [1.54, 1.807) is 7.11 Å². The standard InChI is InChI=1S/C21H28N2O4/c1-15(2)27-14-6-13-23-20(24)18(16-7-9-17(26-3)10-8-16)19(21(23)25)22-11-4-5-12-22/h7-10,15H,4-6,11-14H2,1-3H3. The molecule has 2 amide bonds. The number of amides is 2. The number of imide groups is 1. The van der Waals surface area contributed by atoms with Crippen LogP contribution in [0.3, 0.4) is 0 Å². The molecular weight excluding hydrogens is 344 g/mol. The van der Waals surface area contributed by atoms with Crippen LogP contribution in [0.2, 0.25) is 0 Å². The van der Waals surface area contributed by atoms with Gasteiger partial charge in [-0.05, 0) is 50.8 Å². The largest absolute Gasteiger partial charge is 0.497 e. The Morgan fingerprint density at radius 1 is 1.04 bits per heavy atom. The lowest BCUT2D eigenvalue weighted by atomic mass is 10.0. The highest BCUT2D eigenvalue weighted by Gasteiger charge is 2.41. The summed E-state index contributed by atoms with van der Waals surface area (Å²) >= 11 is 0. The van der Waals surface area contributed by atoms with E-state index < -0.39 is 0 Å². The third kappa shape index (κ3) is 4.16. The second kappa shape index (κ2) is 8.57. The molecule has 0 aromatic heterocycles. The monoisotopic (exact) mass is 372 g/mol. The van der Waals surface area contributed by atoms with Gasteiger partial charge in [-0.3, -0.25) is 14.5 Å². The maximum absolute atomic E-state index is 13.1. The zero-order valence-corrected chi connectivity index (χ0v) is 16.4. The molecule has 3 rings (SSSR count). The normalized spacial score (nSPS) is 17.6. The van der Waals surface area contributed by atoms with Crippen LogP contribution in [0.15, 0.2) is 30.0 Å². The van der Waals surface area contributed by atoms with Crippen LogP contribution in [0.5, 0.6) is 5.75 Å². The maximum Gasteiger partial charge on any atom is 0.277 e. The van der Waals surface area contributed by atoms with Crippen LogP contribution in [0.1, 0.15) is 38.7 Å². The Morgan fingerprint density at radius 3 is 2.30 bits per heavy atom. The van der Waals surface area contributed by atoms with E-state index in [1.165, 1.54) is 4.90 Å². The number of likely N-dealkylation sites (tertiary alicyclic amines) is 1. The molecule has 1 aromatic rings. The summed E-state index contributed by atoms with van der Waals surface area (Å²) in [5.41, 5.74) is 1.82. The first kappa shape index (κ1) is 19.4. The minimum Gasteiger partial charge on any atom is -0.497 e. The topological polar surface area (TPSA) is 59.1 Å². The smallest absolute Gasteiger partial charge is 0.277 e. The minimum absolute atomic E-state index is 0.142. The summed E-state index contributed by atoms with van der Waals surface area (Å²) in [6.07, 6.45) is 2.87. The van der Waals surface area contributed by atoms with E-state index in [9.17, 15) is 9.59 Å². The van der Waals surface area contributed by atoms with Crippen molar-refractivity contribution in [3.8, 4) is 5.75 Å². The highest BCUT2D eigenvalue weighted by Crippen LogP contribution is 2.34. The van der Waals surface area contributed by atoms with Crippen molar-refractivity contribution in [3.63, 3.8) is 0 Å². The Hall–Kier alpha value is -2.34. The Balaban J connectivity index is 1.85. The summed E-state index contributed by atoms with van der Waals surface area (Å²) in [5.74, 6) is 0.329. The Kier molecular flexibility index (Phi) is 6.16. The summed E-state index contributed by atoms with van der Waals surface area (Å²) < 4.78 is 10.8. The van der Waals surface area contributed by atoms with Gasteiger partial charge in [-0.25, -0.2) is 0 Å². The third-order valence-corrected chi connectivity index (χ3v) is 4.92. The molecule has 6 heteroatoms. The van der Waals surface area contributed by atoms with Gasteiger partial charge in [0.05, 0.1) is 18.8 Å². The second-order valence-electron chi connectivity index (χ2n) is 7.18. The molecule has 1 aromatic carbocycles. The van der Waals surface area contributed by atoms with Gasteiger partial charge >= 0.3 is 0 Å². The van der Waals surface area contributed by atoms with Crippen LogP contribution in [0.25, 0.3) is 5.57 Å². The number of carbonyl (C=O) groups is 2. The van der Waals surface area contributed by atoms with Gasteiger partial charge in [-0.15, -0.1) is 0 Å². The number of hydrogen-bond acceptors (Lipinski definition) is 5. The van der Waals surface area contributed by atoms with Crippen LogP contribution in [0, 0.1) is 0 Å². The lowest BCUT2D eigenvalue weighted by Gasteiger charge is -2.20. The van der Waals surface area contributed by atoms with Gasteiger partial charge in [-0.2, -0.15) is 0 Å². The molecule has 0 bridgehead atoms. The van der Waals surface area contributed by atoms with Crippen LogP contribution >= 0.6 is 0 Å². The molecule has 2 aliphatic heterocycles. The van der Waals surface area contributed by atoms with E-state index in [1.807, 2.05) is 38.1 Å². The van der Waals surface area contributed by atoms with E-state index in [2.05, 4.69) is 4.90 Å². The second-order valence-corrected chi connectivity index (χ2v) is 7.18. The Labute approximate surface area is 160 Å². The van der Waals surface area contributed by atoms with Crippen molar-refractivity contribution >= 4 is 17.4 Å². The molecule has 0 radical (unpaired) electrons. The first-order valence-corrected chi connectivity index (χ1v) is 9.64. The number of ether oxygens (including phenoxy) is 2. The van der Waals surface area contributed by atoms with Gasteiger partial charge in [0.2, 0.25) is 0 Å². The van der Waals surface area contributed by atoms with Gasteiger partial charge in [-0.1, -0.05) is 12.1 Å². The Bertz CT molecular complexity index is 718. The predicted octanol–water partition coefficient (Wildman–Crippen LogP) is 2.69. The predicted molar refractivity (Wildman–Crippen MR) is 103 cm³/mol. The van der Waals surface area contributed by atoms with E-state index in [4.69, 9.17) is 9.47 Å². The first-order valence-electron chi connectivity index (χ1n) is 9.64. The molecule has 146 valence electrons. The lowest BCUT2D eigenvalue weighted by molar-refractivity contribution is -0.137. The lowest BCUT2D eigenvalue weighted by Crippen LogP contribution is -2.35. The summed E-state index contributed by atoms with van der Waals surface area (Å²) in [6.45, 7) is 6.49. The highest BCUT2D eigenvalue weighted by atomic mass is 16.5. The van der Waals surface area contributed by atoms with Crippen molar-refractivity contribution in [2.24, 2.45) is 0 Å². The third-order valence-electron chi connectivity index (χ3n) is 4.92. The molecule has 0 atom stereocenters. The molecule has 1 saturated heterocycles. The van der Waals surface area contributed by atoms with E-state index in [0.29, 0.717) is 30.8 Å². The zero-order valence-electron chi connectivity index (χ0n) is 16.4. The number of nitrogens with zero attached hydrogens (tertiary/aromatic N) is 2. The fourth-order valence-corrected chi connectivity index (χ4v) is 3.56. The fraction of sp³-hybridized carbons (Fsp3) is 0.524. The number of rotatable bonds is 8. The van der Waals surface area contributed by atoms with Gasteiger partial charge < -0.3 is 14.4 Å². The summed E-state index contributed by atoms with van der Waals surface area (Å²) in [5, 5.41) is 0. The van der Waals surface area contributed by atoms with Crippen molar-refractivity contribution in [1.82, 2.24) is 9.80 Å². The van der Waals surface area contributed by atoms with E-state index in [-0.39, 0.29) is 17.9 Å². The van der Waals surface area contributed by atoms with Gasteiger partial charge in [0, 0.05) is 26.2 Å². The maximum atomic E-state index is 13.1. The van der Waals surface area contributed by atoms with Crippen LogP contribution in [0.4, 0.5) is 0 Å². The molecule has 2 heterocycles. The van der Waals surface area contributed by atoms with Crippen molar-refractivity contribution in [2.45, 2.75) is 39.2 Å². The minimum atomic E-state index is -0.211. The average Bonchev–Trinajstić information content (AvgIpc) is 3.26. The fourth-order valence-electron chi connectivity index (χ4n) is 3.56. The molecule has 6 nitrogen and oxygen atoms in total. The number of methoxy groups -OCH3 is 1. The highest BCUT2D eigenvalue weighted by molar-refractivity contribution is 6.35. The van der Waals surface area contributed by atoms with Gasteiger partial charge in [0.25, 0.3) is 11.8 Å². The number of benzene rings is 1. The van der Waals surface area contributed by atoms with Crippen LogP contribution in [-0.4, -0.2) is 61.1 Å².